The van der Waals surface area contributed by atoms with E-state index in [2.05, 4.69) is 0 Å². The van der Waals surface area contributed by atoms with E-state index in [4.69, 9.17) is 32.1 Å². The molecule has 0 amide bonds. The highest BCUT2D eigenvalue weighted by Gasteiger charge is 2.49. The van der Waals surface area contributed by atoms with E-state index in [-0.39, 0.29) is 58.8 Å². The molecule has 0 fully saturated rings. The van der Waals surface area contributed by atoms with Crippen LogP contribution in [0.15, 0.2) is 63.8 Å². The van der Waals surface area contributed by atoms with Crippen molar-refractivity contribution in [1.29, 1.82) is 0 Å². The Balaban J connectivity index is 1.69. The molecule has 0 spiro atoms. The van der Waals surface area contributed by atoms with Gasteiger partial charge in [-0.05, 0) is 65.6 Å². The van der Waals surface area contributed by atoms with Crippen molar-refractivity contribution < 1.29 is 36.8 Å². The lowest BCUT2D eigenvalue weighted by Crippen LogP contribution is -2.45. The maximum atomic E-state index is 14.0. The van der Waals surface area contributed by atoms with Crippen molar-refractivity contribution in [3.8, 4) is 11.5 Å². The monoisotopic (exact) mass is 675 g/mol. The normalized spacial score (nSPS) is 19.8. The van der Waals surface area contributed by atoms with Crippen molar-refractivity contribution in [2.45, 2.75) is 70.6 Å². The van der Waals surface area contributed by atoms with Crippen LogP contribution in [0.5, 0.6) is 11.5 Å². The van der Waals surface area contributed by atoms with Gasteiger partial charge in [-0.2, -0.15) is 8.42 Å². The third-order valence-electron chi connectivity index (χ3n) is 8.45. The number of rotatable bonds is 8. The highest BCUT2D eigenvalue weighted by molar-refractivity contribution is 7.87. The number of carbonyl (C=O) groups excluding carboxylic acids is 2. The van der Waals surface area contributed by atoms with Gasteiger partial charge in [0, 0.05) is 52.9 Å². The van der Waals surface area contributed by atoms with Crippen LogP contribution in [0, 0.1) is 10.8 Å². The van der Waals surface area contributed by atoms with Crippen molar-refractivity contribution >= 4 is 50.9 Å². The summed E-state index contributed by atoms with van der Waals surface area (Å²) in [6.45, 7) is 8.09. The Morgan fingerprint density at radius 1 is 0.933 bits per heavy atom. The lowest BCUT2D eigenvalue weighted by Gasteiger charge is -2.49. The number of hydrogen-bond acceptors (Lipinski definition) is 8. The molecule has 9 nitrogen and oxygen atoms in total. The Bertz CT molecular complexity index is 1720. The molecule has 0 radical (unpaired) electrons. The molecule has 240 valence electrons. The number of ketones is 2. The highest BCUT2D eigenvalue weighted by atomic mass is 35.5. The zero-order valence-corrected chi connectivity index (χ0v) is 28.0. The average molecular weight is 677 g/mol. The summed E-state index contributed by atoms with van der Waals surface area (Å²) < 4.78 is 37.3. The molecule has 2 aliphatic carbocycles. The number of aliphatic carboxylic acids is 1. The Morgan fingerprint density at radius 3 is 1.96 bits per heavy atom. The van der Waals surface area contributed by atoms with E-state index in [1.807, 2.05) is 32.6 Å². The predicted octanol–water partition coefficient (Wildman–Crippen LogP) is 6.93. The lowest BCUT2D eigenvalue weighted by atomic mass is 9.63. The maximum Gasteiger partial charge on any atom is 0.339 e. The molecule has 0 saturated heterocycles. The third kappa shape index (κ3) is 6.50. The van der Waals surface area contributed by atoms with E-state index in [0.717, 1.165) is 0 Å². The third-order valence-corrected chi connectivity index (χ3v) is 10.2. The quantitative estimate of drug-likeness (QED) is 0.296. The number of halogens is 2. The number of ether oxygens (including phenoxy) is 1. The molecule has 45 heavy (non-hydrogen) atoms. The minimum Gasteiger partial charge on any atom is -0.493 e. The molecular weight excluding hydrogens is 641 g/mol. The Labute approximate surface area is 272 Å². The summed E-state index contributed by atoms with van der Waals surface area (Å²) in [6.07, 6.45) is 1.31. The van der Waals surface area contributed by atoms with Crippen molar-refractivity contribution in [3.63, 3.8) is 0 Å². The number of benzene rings is 2. The summed E-state index contributed by atoms with van der Waals surface area (Å²) in [5.74, 6) is -2.32. The van der Waals surface area contributed by atoms with E-state index in [1.54, 1.807) is 6.07 Å². The van der Waals surface area contributed by atoms with Crippen molar-refractivity contribution in [1.82, 2.24) is 4.90 Å². The minimum atomic E-state index is -4.33. The molecule has 2 aromatic carbocycles. The van der Waals surface area contributed by atoms with E-state index < -0.39 is 32.8 Å². The molecule has 0 aromatic heterocycles. The Morgan fingerprint density at radius 2 is 1.47 bits per heavy atom. The maximum absolute atomic E-state index is 14.0. The van der Waals surface area contributed by atoms with Crippen LogP contribution in [0.25, 0.3) is 0 Å². The zero-order valence-electron chi connectivity index (χ0n) is 25.7. The second-order valence-electron chi connectivity index (χ2n) is 13.4. The van der Waals surface area contributed by atoms with Crippen molar-refractivity contribution in [2.24, 2.45) is 10.8 Å². The minimum absolute atomic E-state index is 0.000165. The van der Waals surface area contributed by atoms with Crippen LogP contribution >= 0.6 is 23.2 Å². The Kier molecular flexibility index (Phi) is 8.65. The number of hydrogen-bond donors (Lipinski definition) is 1. The van der Waals surface area contributed by atoms with E-state index in [9.17, 15) is 27.9 Å². The van der Waals surface area contributed by atoms with Crippen molar-refractivity contribution in [3.05, 3.63) is 74.5 Å². The molecule has 0 bridgehead atoms. The highest BCUT2D eigenvalue weighted by Crippen LogP contribution is 2.55. The average Bonchev–Trinajstić information content (AvgIpc) is 2.91. The number of nitrogens with zero attached hydrogens (tertiary/aromatic N) is 1. The topological polar surface area (TPSA) is 127 Å². The first-order valence-electron chi connectivity index (χ1n) is 14.5. The van der Waals surface area contributed by atoms with Crippen LogP contribution in [0.1, 0.15) is 71.3 Å². The van der Waals surface area contributed by atoms with E-state index >= 15 is 0 Å². The number of allylic oxidation sites excluding steroid dienone is 4. The number of Topliss-reactive ketones (excluding diaryl/α,β-unsaturated/α-hetero) is 2. The zero-order chi connectivity index (χ0) is 33.1. The fraction of sp³-hybridized carbons (Fsp3) is 0.424. The van der Waals surface area contributed by atoms with Crippen LogP contribution in [0.3, 0.4) is 0 Å². The smallest absolute Gasteiger partial charge is 0.339 e. The van der Waals surface area contributed by atoms with E-state index in [1.165, 1.54) is 37.4 Å². The summed E-state index contributed by atoms with van der Waals surface area (Å²) in [5, 5.41) is 9.84. The van der Waals surface area contributed by atoms with Gasteiger partial charge in [-0.1, -0.05) is 50.9 Å². The first-order valence-corrected chi connectivity index (χ1v) is 16.7. The number of carboxylic acid groups (broad SMARTS) is 1. The predicted molar refractivity (Wildman–Crippen MR) is 169 cm³/mol. The molecule has 2 aromatic rings. The van der Waals surface area contributed by atoms with Crippen molar-refractivity contribution in [2.75, 3.05) is 13.7 Å². The molecule has 0 atom stereocenters. The molecule has 1 N–H and O–H groups in total. The number of carboxylic acids is 1. The summed E-state index contributed by atoms with van der Waals surface area (Å²) in [7, 11) is -2.99. The molecular formula is C33H35Cl2NO8S. The van der Waals surface area contributed by atoms with Gasteiger partial charge in [0.05, 0.1) is 18.6 Å². The standard InChI is InChI=1S/C33H35Cl2NO8S/c1-32(2)14-22-29(24(37)16-32)28(30-23(36(22)11-10-27(39)40)15-33(3,4)17-25(30)38)18-12-21(35)31(26(13-18)43-5)44-45(41,42)20-8-6-19(34)7-9-20/h6-9,12-13,28H,10-11,14-17H2,1-5H3,(H,39,40). The van der Waals surface area contributed by atoms with Gasteiger partial charge in [0.1, 0.15) is 4.90 Å². The SMILES string of the molecule is COc1cc(C2C3=C(CC(C)(C)CC3=O)N(CCC(=O)O)C3=C2C(=O)CC(C)(C)C3)cc(Cl)c1OS(=O)(=O)c1ccc(Cl)cc1. The van der Waals surface area contributed by atoms with Crippen LogP contribution in [0.4, 0.5) is 0 Å². The molecule has 5 rings (SSSR count). The van der Waals surface area contributed by atoms with Gasteiger partial charge in [0.25, 0.3) is 0 Å². The summed E-state index contributed by atoms with van der Waals surface area (Å²) in [5.41, 5.74) is 1.93. The number of methoxy groups -OCH3 is 1. The first-order chi connectivity index (χ1) is 20.9. The first kappa shape index (κ1) is 33.0. The van der Waals surface area contributed by atoms with Crippen LogP contribution < -0.4 is 8.92 Å². The second-order valence-corrected chi connectivity index (χ2v) is 15.7. The fourth-order valence-electron chi connectivity index (χ4n) is 6.60. The van der Waals surface area contributed by atoms with Gasteiger partial charge in [0.2, 0.25) is 5.75 Å². The molecule has 1 aliphatic heterocycles. The summed E-state index contributed by atoms with van der Waals surface area (Å²) in [4.78, 5) is 41.4. The largest absolute Gasteiger partial charge is 0.493 e. The molecule has 1 heterocycles. The van der Waals surface area contributed by atoms with Gasteiger partial charge >= 0.3 is 16.1 Å². The molecule has 12 heteroatoms. The lowest BCUT2D eigenvalue weighted by molar-refractivity contribution is -0.137. The van der Waals surface area contributed by atoms with Crippen LogP contribution in [0.2, 0.25) is 10.0 Å². The molecule has 0 unspecified atom stereocenters. The van der Waals surface area contributed by atoms with Gasteiger partial charge in [0.15, 0.2) is 17.3 Å². The second kappa shape index (κ2) is 11.8. The van der Waals surface area contributed by atoms with E-state index in [0.29, 0.717) is 46.0 Å². The van der Waals surface area contributed by atoms with Gasteiger partial charge in [-0.15, -0.1) is 0 Å². The van der Waals surface area contributed by atoms with Gasteiger partial charge < -0.3 is 18.9 Å². The fourth-order valence-corrected chi connectivity index (χ4v) is 7.99. The summed E-state index contributed by atoms with van der Waals surface area (Å²) >= 11 is 12.6. The molecule has 0 saturated carbocycles. The van der Waals surface area contributed by atoms with Crippen LogP contribution in [-0.4, -0.2) is 49.6 Å². The Hall–Kier alpha value is -3.34. The molecule has 3 aliphatic rings. The van der Waals surface area contributed by atoms with Gasteiger partial charge in [-0.3, -0.25) is 14.4 Å². The van der Waals surface area contributed by atoms with Gasteiger partial charge in [-0.25, -0.2) is 0 Å². The summed E-state index contributed by atoms with van der Waals surface area (Å²) in [6, 6.07) is 8.50. The number of carbonyl (C=O) groups is 3. The van der Waals surface area contributed by atoms with Crippen LogP contribution in [-0.2, 0) is 24.5 Å².